The minimum Gasteiger partial charge on any atom is -0.495 e. The maximum Gasteiger partial charge on any atom is 0.321 e. The number of aryl methyl sites for hydroxylation is 1. The quantitative estimate of drug-likeness (QED) is 0.643. The molecule has 3 amide bonds. The number of nitrogens with zero attached hydrogens (tertiary/aromatic N) is 3. The lowest BCUT2D eigenvalue weighted by Crippen LogP contribution is -2.50. The Labute approximate surface area is 187 Å². The zero-order valence-corrected chi connectivity index (χ0v) is 18.2. The first-order valence-electron chi connectivity index (χ1n) is 10.6. The van der Waals surface area contributed by atoms with Crippen LogP contribution in [-0.2, 0) is 0 Å². The van der Waals surface area contributed by atoms with Crippen LogP contribution in [0.4, 0.5) is 10.5 Å². The number of ether oxygens (including phenoxy) is 1. The highest BCUT2D eigenvalue weighted by Crippen LogP contribution is 2.25. The Kier molecular flexibility index (Phi) is 6.39. The number of hydrogen-bond acceptors (Lipinski definition) is 4. The van der Waals surface area contributed by atoms with Crippen LogP contribution in [0.1, 0.15) is 28.9 Å². The Morgan fingerprint density at radius 1 is 1.16 bits per heavy atom. The van der Waals surface area contributed by atoms with E-state index in [0.717, 1.165) is 29.9 Å². The minimum atomic E-state index is -0.188. The van der Waals surface area contributed by atoms with Crippen LogP contribution >= 0.6 is 0 Å². The van der Waals surface area contributed by atoms with Gasteiger partial charge in [0.05, 0.1) is 24.8 Å². The van der Waals surface area contributed by atoms with Crippen molar-refractivity contribution in [1.82, 2.24) is 19.8 Å². The smallest absolute Gasteiger partial charge is 0.321 e. The zero-order chi connectivity index (χ0) is 22.5. The average Bonchev–Trinajstić information content (AvgIpc) is 3.25. The summed E-state index contributed by atoms with van der Waals surface area (Å²) in [6.07, 6.45) is 5.26. The summed E-state index contributed by atoms with van der Waals surface area (Å²) < 4.78 is 7.37. The lowest BCUT2D eigenvalue weighted by molar-refractivity contribution is 0.0912. The van der Waals surface area contributed by atoms with Gasteiger partial charge in [0.2, 0.25) is 0 Å². The average molecular weight is 434 g/mol. The lowest BCUT2D eigenvalue weighted by atomic mass is 10.0. The number of piperidine rings is 1. The summed E-state index contributed by atoms with van der Waals surface area (Å²) in [6, 6.07) is 14.4. The monoisotopic (exact) mass is 433 g/mol. The zero-order valence-electron chi connectivity index (χ0n) is 18.2. The van der Waals surface area contributed by atoms with Crippen molar-refractivity contribution in [2.24, 2.45) is 0 Å². The first kappa shape index (κ1) is 21.4. The summed E-state index contributed by atoms with van der Waals surface area (Å²) in [5.41, 5.74) is 2.97. The summed E-state index contributed by atoms with van der Waals surface area (Å²) in [5.74, 6) is 0.398. The second-order valence-corrected chi connectivity index (χ2v) is 7.86. The Bertz CT molecular complexity index is 1100. The number of aromatic nitrogens is 2. The number of methoxy groups -OCH3 is 1. The number of amides is 3. The van der Waals surface area contributed by atoms with Gasteiger partial charge in [0.25, 0.3) is 5.91 Å². The number of urea groups is 1. The van der Waals surface area contributed by atoms with Crippen molar-refractivity contribution >= 4 is 17.6 Å². The van der Waals surface area contributed by atoms with E-state index in [4.69, 9.17) is 4.74 Å². The molecule has 1 saturated heterocycles. The Morgan fingerprint density at radius 3 is 2.69 bits per heavy atom. The highest BCUT2D eigenvalue weighted by atomic mass is 16.5. The molecule has 0 spiro atoms. The third kappa shape index (κ3) is 4.91. The number of imidazole rings is 1. The first-order valence-corrected chi connectivity index (χ1v) is 10.6. The molecule has 8 heteroatoms. The number of carbonyl (C=O) groups excluding carboxylic acids is 2. The molecule has 0 radical (unpaired) electrons. The lowest BCUT2D eigenvalue weighted by Gasteiger charge is -2.33. The van der Waals surface area contributed by atoms with E-state index >= 15 is 0 Å². The molecule has 0 aliphatic carbocycles. The molecule has 32 heavy (non-hydrogen) atoms. The van der Waals surface area contributed by atoms with E-state index in [1.165, 1.54) is 0 Å². The highest BCUT2D eigenvalue weighted by molar-refractivity contribution is 5.95. The van der Waals surface area contributed by atoms with Gasteiger partial charge in [0.1, 0.15) is 5.75 Å². The molecule has 0 bridgehead atoms. The third-order valence-corrected chi connectivity index (χ3v) is 5.50. The predicted octanol–water partition coefficient (Wildman–Crippen LogP) is 3.62. The largest absolute Gasteiger partial charge is 0.495 e. The molecule has 1 aliphatic heterocycles. The van der Waals surface area contributed by atoms with Crippen LogP contribution in [-0.4, -0.2) is 52.6 Å². The van der Waals surface area contributed by atoms with E-state index in [1.807, 2.05) is 54.1 Å². The van der Waals surface area contributed by atoms with Crippen molar-refractivity contribution in [2.75, 3.05) is 25.5 Å². The molecule has 1 fully saturated rings. The number of para-hydroxylation sites is 1. The van der Waals surface area contributed by atoms with Crippen molar-refractivity contribution in [3.8, 4) is 11.4 Å². The van der Waals surface area contributed by atoms with Crippen LogP contribution in [0.2, 0.25) is 0 Å². The summed E-state index contributed by atoms with van der Waals surface area (Å²) >= 11 is 0. The van der Waals surface area contributed by atoms with Crippen LogP contribution in [0, 0.1) is 6.92 Å². The summed E-state index contributed by atoms with van der Waals surface area (Å²) in [5, 5.41) is 5.97. The SMILES string of the molecule is COc1cc(C(=O)NC2CCCN(C(=O)Nc3ccccc3)C2)ccc1-n1cnc(C)c1. The number of carbonyl (C=O) groups is 2. The number of rotatable bonds is 5. The number of likely N-dealkylation sites (tertiary alicyclic amines) is 1. The van der Waals surface area contributed by atoms with Gasteiger partial charge in [-0.05, 0) is 50.1 Å². The summed E-state index contributed by atoms with van der Waals surface area (Å²) in [4.78, 5) is 31.5. The molecule has 166 valence electrons. The second kappa shape index (κ2) is 9.55. The molecule has 2 aromatic carbocycles. The van der Waals surface area contributed by atoms with Crippen LogP contribution in [0.15, 0.2) is 61.1 Å². The van der Waals surface area contributed by atoms with Crippen LogP contribution in [0.5, 0.6) is 5.75 Å². The molecule has 1 atom stereocenters. The van der Waals surface area contributed by atoms with E-state index in [2.05, 4.69) is 15.6 Å². The van der Waals surface area contributed by atoms with Gasteiger partial charge in [-0.3, -0.25) is 4.79 Å². The maximum atomic E-state index is 12.9. The fraction of sp³-hybridized carbons (Fsp3) is 0.292. The van der Waals surface area contributed by atoms with Gasteiger partial charge in [-0.25, -0.2) is 9.78 Å². The predicted molar refractivity (Wildman–Crippen MR) is 122 cm³/mol. The molecule has 0 saturated carbocycles. The maximum absolute atomic E-state index is 12.9. The third-order valence-electron chi connectivity index (χ3n) is 5.50. The van der Waals surface area contributed by atoms with E-state index < -0.39 is 0 Å². The molecule has 1 aromatic heterocycles. The van der Waals surface area contributed by atoms with Gasteiger partial charge in [0, 0.05) is 36.6 Å². The first-order chi connectivity index (χ1) is 15.5. The van der Waals surface area contributed by atoms with E-state index in [9.17, 15) is 9.59 Å². The summed E-state index contributed by atoms with van der Waals surface area (Å²) in [6.45, 7) is 3.05. The molecule has 3 aromatic rings. The van der Waals surface area contributed by atoms with Crippen molar-refractivity contribution in [2.45, 2.75) is 25.8 Å². The van der Waals surface area contributed by atoms with E-state index in [-0.39, 0.29) is 18.0 Å². The van der Waals surface area contributed by atoms with E-state index in [0.29, 0.717) is 24.4 Å². The van der Waals surface area contributed by atoms with Gasteiger partial charge < -0.3 is 24.8 Å². The minimum absolute atomic E-state index is 0.111. The fourth-order valence-electron chi connectivity index (χ4n) is 3.86. The Hall–Kier alpha value is -3.81. The van der Waals surface area contributed by atoms with E-state index in [1.54, 1.807) is 30.5 Å². The normalized spacial score (nSPS) is 15.8. The van der Waals surface area contributed by atoms with Crippen LogP contribution in [0.25, 0.3) is 5.69 Å². The number of hydrogen-bond donors (Lipinski definition) is 2. The molecule has 1 unspecified atom stereocenters. The Balaban J connectivity index is 1.40. The molecule has 2 N–H and O–H groups in total. The Morgan fingerprint density at radius 2 is 1.97 bits per heavy atom. The van der Waals surface area contributed by atoms with Crippen molar-refractivity contribution in [1.29, 1.82) is 0 Å². The molecule has 1 aliphatic rings. The van der Waals surface area contributed by atoms with Gasteiger partial charge in [-0.2, -0.15) is 0 Å². The molecule has 4 rings (SSSR count). The van der Waals surface area contributed by atoms with Crippen molar-refractivity contribution < 1.29 is 14.3 Å². The highest BCUT2D eigenvalue weighted by Gasteiger charge is 2.25. The van der Waals surface area contributed by atoms with Gasteiger partial charge >= 0.3 is 6.03 Å². The van der Waals surface area contributed by atoms with Crippen molar-refractivity contribution in [3.63, 3.8) is 0 Å². The number of anilines is 1. The summed E-state index contributed by atoms with van der Waals surface area (Å²) in [7, 11) is 1.58. The van der Waals surface area contributed by atoms with Gasteiger partial charge in [-0.1, -0.05) is 18.2 Å². The molecule has 2 heterocycles. The van der Waals surface area contributed by atoms with Gasteiger partial charge in [-0.15, -0.1) is 0 Å². The molecular weight excluding hydrogens is 406 g/mol. The van der Waals surface area contributed by atoms with Crippen LogP contribution < -0.4 is 15.4 Å². The number of benzene rings is 2. The van der Waals surface area contributed by atoms with Gasteiger partial charge in [0.15, 0.2) is 0 Å². The van der Waals surface area contributed by atoms with Crippen LogP contribution in [0.3, 0.4) is 0 Å². The number of nitrogens with one attached hydrogen (secondary N) is 2. The molecule has 8 nitrogen and oxygen atoms in total. The topological polar surface area (TPSA) is 88.5 Å². The second-order valence-electron chi connectivity index (χ2n) is 7.86. The van der Waals surface area contributed by atoms with Crippen molar-refractivity contribution in [3.05, 3.63) is 72.3 Å². The molecular formula is C24H27N5O3. The fourth-order valence-corrected chi connectivity index (χ4v) is 3.86. The standard InChI is InChI=1S/C24H27N5O3/c1-17-14-29(16-25-17)21-11-10-18(13-22(21)32-2)23(30)26-20-9-6-12-28(15-20)24(31)27-19-7-4-3-5-8-19/h3-5,7-8,10-11,13-14,16,20H,6,9,12,15H2,1-2H3,(H,26,30)(H,27,31).